The summed E-state index contributed by atoms with van der Waals surface area (Å²) in [5.74, 6) is -0.0920. The lowest BCUT2D eigenvalue weighted by Crippen LogP contribution is -2.35. The third kappa shape index (κ3) is 3.63. The average molecular weight is 293 g/mol. The van der Waals surface area contributed by atoms with Crippen LogP contribution in [0.25, 0.3) is 0 Å². The van der Waals surface area contributed by atoms with E-state index in [9.17, 15) is 4.79 Å². The monoisotopic (exact) mass is 293 g/mol. The van der Waals surface area contributed by atoms with E-state index < -0.39 is 0 Å². The zero-order valence-electron chi connectivity index (χ0n) is 12.1. The van der Waals surface area contributed by atoms with Crippen LogP contribution in [0.3, 0.4) is 0 Å². The van der Waals surface area contributed by atoms with Gasteiger partial charge in [0.15, 0.2) is 0 Å². The van der Waals surface area contributed by atoms with E-state index in [4.69, 9.17) is 0 Å². The Morgan fingerprint density at radius 2 is 2.25 bits per heavy atom. The molecule has 0 unspecified atom stereocenters. The molecule has 2 heterocycles. The molecule has 108 valence electrons. The molecule has 0 aliphatic rings. The van der Waals surface area contributed by atoms with E-state index in [1.165, 1.54) is 17.7 Å². The van der Waals surface area contributed by atoms with Gasteiger partial charge >= 0.3 is 0 Å². The van der Waals surface area contributed by atoms with Gasteiger partial charge in [0.1, 0.15) is 17.5 Å². The number of hydrogen-bond donors (Lipinski definition) is 1. The first-order valence-corrected chi connectivity index (χ1v) is 7.27. The van der Waals surface area contributed by atoms with Crippen LogP contribution in [0.2, 0.25) is 0 Å². The van der Waals surface area contributed by atoms with E-state index in [2.05, 4.69) is 41.2 Å². The van der Waals surface area contributed by atoms with Crippen LogP contribution in [-0.2, 0) is 12.0 Å². The van der Waals surface area contributed by atoms with E-state index in [1.807, 2.05) is 6.92 Å². The minimum Gasteiger partial charge on any atom is -0.347 e. The van der Waals surface area contributed by atoms with Crippen molar-refractivity contribution in [1.29, 1.82) is 0 Å². The number of aromatic nitrogens is 4. The molecule has 1 amide bonds. The molecule has 0 fully saturated rings. The molecular formula is C13H19N5OS. The van der Waals surface area contributed by atoms with Crippen molar-refractivity contribution in [3.05, 3.63) is 28.7 Å². The zero-order chi connectivity index (χ0) is 14.8. The largest absolute Gasteiger partial charge is 0.347 e. The molecule has 2 rings (SSSR count). The van der Waals surface area contributed by atoms with Crippen LogP contribution in [0.1, 0.15) is 42.4 Å². The Morgan fingerprint density at radius 3 is 2.80 bits per heavy atom. The number of nitrogens with zero attached hydrogens (tertiary/aromatic N) is 4. The maximum Gasteiger partial charge on any atom is 0.263 e. The average Bonchev–Trinajstić information content (AvgIpc) is 2.97. The molecule has 1 N–H and O–H groups in total. The standard InChI is InChI=1S/C13H19N5OS/c1-9(6-18-8-14-7-16-18)17-11(19)10-5-15-12(20-10)13(2,3)4/h5,7-9H,6H2,1-4H3,(H,17,19)/t9-/m1/s1. The first kappa shape index (κ1) is 14.6. The van der Waals surface area contributed by atoms with Crippen molar-refractivity contribution in [2.45, 2.75) is 45.7 Å². The van der Waals surface area contributed by atoms with Crippen molar-refractivity contribution in [2.24, 2.45) is 0 Å². The fourth-order valence-electron chi connectivity index (χ4n) is 1.67. The maximum atomic E-state index is 12.1. The second kappa shape index (κ2) is 5.70. The molecule has 0 saturated carbocycles. The van der Waals surface area contributed by atoms with Gasteiger partial charge in [0, 0.05) is 11.5 Å². The molecule has 1 atom stereocenters. The van der Waals surface area contributed by atoms with E-state index in [1.54, 1.807) is 17.2 Å². The molecule has 0 saturated heterocycles. The molecule has 0 bridgehead atoms. The van der Waals surface area contributed by atoms with Gasteiger partial charge in [0.05, 0.1) is 17.7 Å². The number of nitrogens with one attached hydrogen (secondary N) is 1. The lowest BCUT2D eigenvalue weighted by molar-refractivity contribution is 0.0940. The van der Waals surface area contributed by atoms with Crippen molar-refractivity contribution in [3.8, 4) is 0 Å². The zero-order valence-corrected chi connectivity index (χ0v) is 12.9. The summed E-state index contributed by atoms with van der Waals surface area (Å²) in [5.41, 5.74) is -0.0322. The van der Waals surface area contributed by atoms with Crippen LogP contribution in [0.5, 0.6) is 0 Å². The minimum atomic E-state index is -0.0920. The van der Waals surface area contributed by atoms with Crippen LogP contribution in [0.15, 0.2) is 18.9 Å². The first-order chi connectivity index (χ1) is 9.36. The van der Waals surface area contributed by atoms with Gasteiger partial charge in [-0.2, -0.15) is 5.10 Å². The summed E-state index contributed by atoms with van der Waals surface area (Å²) >= 11 is 1.44. The molecule has 20 heavy (non-hydrogen) atoms. The van der Waals surface area contributed by atoms with Crippen LogP contribution < -0.4 is 5.32 Å². The normalized spacial score (nSPS) is 13.2. The highest BCUT2D eigenvalue weighted by atomic mass is 32.1. The third-order valence-corrected chi connectivity index (χ3v) is 4.10. The number of rotatable bonds is 4. The number of thiazole rings is 1. The molecule has 0 aromatic carbocycles. The van der Waals surface area contributed by atoms with Crippen molar-refractivity contribution in [2.75, 3.05) is 0 Å². The van der Waals surface area contributed by atoms with Gasteiger partial charge in [-0.25, -0.2) is 9.97 Å². The van der Waals surface area contributed by atoms with Gasteiger partial charge in [-0.15, -0.1) is 11.3 Å². The smallest absolute Gasteiger partial charge is 0.263 e. The highest BCUT2D eigenvalue weighted by Gasteiger charge is 2.21. The highest BCUT2D eigenvalue weighted by Crippen LogP contribution is 2.26. The number of carbonyl (C=O) groups is 1. The van der Waals surface area contributed by atoms with Crippen LogP contribution in [0, 0.1) is 0 Å². The van der Waals surface area contributed by atoms with Gasteiger partial charge in [-0.1, -0.05) is 20.8 Å². The Bertz CT molecular complexity index is 570. The van der Waals surface area contributed by atoms with Crippen molar-refractivity contribution >= 4 is 17.2 Å². The number of hydrogen-bond acceptors (Lipinski definition) is 5. The SMILES string of the molecule is C[C@H](Cn1cncn1)NC(=O)c1cnc(C(C)(C)C)s1. The predicted molar refractivity (Wildman–Crippen MR) is 77.8 cm³/mol. The Hall–Kier alpha value is -1.76. The van der Waals surface area contributed by atoms with Crippen LogP contribution >= 0.6 is 11.3 Å². The minimum absolute atomic E-state index is 0.0237. The third-order valence-electron chi connectivity index (χ3n) is 2.68. The van der Waals surface area contributed by atoms with Gasteiger partial charge in [-0.05, 0) is 6.92 Å². The second-order valence-electron chi connectivity index (χ2n) is 5.77. The highest BCUT2D eigenvalue weighted by molar-refractivity contribution is 7.13. The van der Waals surface area contributed by atoms with Crippen LogP contribution in [0.4, 0.5) is 0 Å². The molecule has 0 aliphatic heterocycles. The van der Waals surface area contributed by atoms with Crippen molar-refractivity contribution in [3.63, 3.8) is 0 Å². The molecule has 0 radical (unpaired) electrons. The van der Waals surface area contributed by atoms with E-state index in [-0.39, 0.29) is 17.4 Å². The quantitative estimate of drug-likeness (QED) is 0.933. The van der Waals surface area contributed by atoms with Crippen molar-refractivity contribution < 1.29 is 4.79 Å². The molecule has 7 heteroatoms. The Labute approximate surface area is 122 Å². The summed E-state index contributed by atoms with van der Waals surface area (Å²) in [6.45, 7) is 8.78. The lowest BCUT2D eigenvalue weighted by Gasteiger charge is -2.14. The number of carbonyl (C=O) groups excluding carboxylic acids is 1. The number of amides is 1. The summed E-state index contributed by atoms with van der Waals surface area (Å²) in [5, 5.41) is 7.92. The molecule has 2 aromatic rings. The summed E-state index contributed by atoms with van der Waals surface area (Å²) in [4.78, 5) is 21.0. The fourth-order valence-corrected chi connectivity index (χ4v) is 2.55. The maximum absolute atomic E-state index is 12.1. The summed E-state index contributed by atoms with van der Waals surface area (Å²) < 4.78 is 1.69. The van der Waals surface area contributed by atoms with Gasteiger partial charge in [-0.3, -0.25) is 9.48 Å². The van der Waals surface area contributed by atoms with E-state index in [0.29, 0.717) is 11.4 Å². The Kier molecular flexibility index (Phi) is 4.17. The Balaban J connectivity index is 1.96. The molecule has 0 spiro atoms. The van der Waals surface area contributed by atoms with Crippen molar-refractivity contribution in [1.82, 2.24) is 25.1 Å². The van der Waals surface area contributed by atoms with Gasteiger partial charge < -0.3 is 5.32 Å². The molecular weight excluding hydrogens is 274 g/mol. The first-order valence-electron chi connectivity index (χ1n) is 6.46. The van der Waals surface area contributed by atoms with Gasteiger partial charge in [0.25, 0.3) is 5.91 Å². The molecule has 2 aromatic heterocycles. The lowest BCUT2D eigenvalue weighted by atomic mass is 9.98. The van der Waals surface area contributed by atoms with E-state index >= 15 is 0 Å². The topological polar surface area (TPSA) is 72.7 Å². The predicted octanol–water partition coefficient (Wildman–Crippen LogP) is 1.85. The second-order valence-corrected chi connectivity index (χ2v) is 6.80. The van der Waals surface area contributed by atoms with Gasteiger partial charge in [0.2, 0.25) is 0 Å². The van der Waals surface area contributed by atoms with E-state index in [0.717, 1.165) is 5.01 Å². The fraction of sp³-hybridized carbons (Fsp3) is 0.538. The summed E-state index contributed by atoms with van der Waals surface area (Å²) in [6.07, 6.45) is 4.75. The van der Waals surface area contributed by atoms with Crippen LogP contribution in [-0.4, -0.2) is 31.7 Å². The summed E-state index contributed by atoms with van der Waals surface area (Å²) in [7, 11) is 0. The molecule has 0 aliphatic carbocycles. The molecule has 6 nitrogen and oxygen atoms in total. The Morgan fingerprint density at radius 1 is 1.50 bits per heavy atom. The summed E-state index contributed by atoms with van der Waals surface area (Å²) in [6, 6.07) is -0.0237.